The quantitative estimate of drug-likeness (QED) is 0.525. The summed E-state index contributed by atoms with van der Waals surface area (Å²) in [5.74, 6) is 1.36. The summed E-state index contributed by atoms with van der Waals surface area (Å²) < 4.78 is 2.21. The molecule has 2 aliphatic heterocycles. The number of aromatic nitrogens is 4. The Kier molecular flexibility index (Phi) is 6.69. The molecule has 170 valence electrons. The van der Waals surface area contributed by atoms with Crippen LogP contribution in [-0.4, -0.2) is 65.3 Å². The largest absolute Gasteiger partial charge is 0.372 e. The molecule has 3 aromatic heterocycles. The van der Waals surface area contributed by atoms with E-state index in [0.717, 1.165) is 67.5 Å². The minimum absolute atomic E-state index is 0.250. The Morgan fingerprint density at radius 2 is 1.81 bits per heavy atom. The van der Waals surface area contributed by atoms with Gasteiger partial charge in [-0.1, -0.05) is 0 Å². The van der Waals surface area contributed by atoms with Gasteiger partial charge in [0, 0.05) is 50.9 Å². The molecule has 0 atom stereocenters. The molecule has 4 N–H and O–H groups in total. The standard InChI is InChI=1S/C21H28N8.CH3NO/c1-15-14-29(28-9-3-4-10-28)20-19(15)16(2)24-21(26-20)25-18-6-5-17(13-23-18)27-11-7-22-8-12-27;2-1-3/h5-6,13-14,22H,3-4,7-12H2,1-2H3,(H,23,24,25,26);1H,(H2,2,3). The second-order valence-corrected chi connectivity index (χ2v) is 8.05. The normalized spacial score (nSPS) is 16.1. The van der Waals surface area contributed by atoms with E-state index in [1.54, 1.807) is 0 Å². The molecule has 0 bridgehead atoms. The van der Waals surface area contributed by atoms with Gasteiger partial charge in [-0.25, -0.2) is 14.6 Å². The van der Waals surface area contributed by atoms with Crippen LogP contribution in [0.5, 0.6) is 0 Å². The highest BCUT2D eigenvalue weighted by molar-refractivity contribution is 5.84. The van der Waals surface area contributed by atoms with E-state index in [1.807, 2.05) is 12.3 Å². The van der Waals surface area contributed by atoms with Crippen LogP contribution in [0.25, 0.3) is 11.0 Å². The number of carbonyl (C=O) groups is 1. The van der Waals surface area contributed by atoms with Crippen LogP contribution in [0.15, 0.2) is 24.5 Å². The molecular weight excluding hydrogens is 406 g/mol. The average Bonchev–Trinajstić information content (AvgIpc) is 3.44. The third-order valence-electron chi connectivity index (χ3n) is 5.86. The SMILES string of the molecule is Cc1cn(N2CCCC2)c2nc(Nc3ccc(N4CCNCC4)cn3)nc(C)c12.NC=O. The number of hydrogen-bond acceptors (Lipinski definition) is 8. The van der Waals surface area contributed by atoms with E-state index in [1.165, 1.54) is 18.4 Å². The Bertz CT molecular complexity index is 1050. The smallest absolute Gasteiger partial charge is 0.230 e. The molecule has 2 saturated heterocycles. The molecule has 32 heavy (non-hydrogen) atoms. The molecule has 2 fully saturated rings. The van der Waals surface area contributed by atoms with Gasteiger partial charge in [0.25, 0.3) is 0 Å². The van der Waals surface area contributed by atoms with Gasteiger partial charge in [0.1, 0.15) is 5.82 Å². The number of pyridine rings is 1. The lowest BCUT2D eigenvalue weighted by molar-refractivity contribution is -0.106. The number of fused-ring (bicyclic) bond motifs is 1. The third kappa shape index (κ3) is 4.59. The maximum Gasteiger partial charge on any atom is 0.230 e. The minimum atomic E-state index is 0.250. The van der Waals surface area contributed by atoms with Gasteiger partial charge >= 0.3 is 0 Å². The number of primary amides is 1. The van der Waals surface area contributed by atoms with E-state index in [9.17, 15) is 0 Å². The van der Waals surface area contributed by atoms with Crippen molar-refractivity contribution in [3.8, 4) is 0 Å². The molecule has 0 spiro atoms. The van der Waals surface area contributed by atoms with Crippen LogP contribution in [0.4, 0.5) is 17.5 Å². The molecular formula is C22H31N9O. The van der Waals surface area contributed by atoms with Gasteiger partial charge in [-0.05, 0) is 44.4 Å². The number of aryl methyl sites for hydroxylation is 2. The Balaban J connectivity index is 0.000000775. The number of amides is 1. The third-order valence-corrected chi connectivity index (χ3v) is 5.86. The van der Waals surface area contributed by atoms with Gasteiger partial charge in [0.05, 0.1) is 17.6 Å². The highest BCUT2D eigenvalue weighted by atomic mass is 16.1. The molecule has 2 aliphatic rings. The molecule has 3 aromatic rings. The minimum Gasteiger partial charge on any atom is -0.372 e. The Morgan fingerprint density at radius 3 is 2.47 bits per heavy atom. The second-order valence-electron chi connectivity index (χ2n) is 8.05. The molecule has 0 aromatic carbocycles. The Labute approximate surface area is 187 Å². The van der Waals surface area contributed by atoms with Gasteiger partial charge in [-0.2, -0.15) is 4.98 Å². The number of nitrogens with one attached hydrogen (secondary N) is 2. The predicted molar refractivity (Wildman–Crippen MR) is 127 cm³/mol. The number of nitrogens with zero attached hydrogens (tertiary/aromatic N) is 6. The molecule has 0 radical (unpaired) electrons. The molecule has 0 saturated carbocycles. The molecule has 0 unspecified atom stereocenters. The molecule has 10 nitrogen and oxygen atoms in total. The van der Waals surface area contributed by atoms with Crippen LogP contribution in [0, 0.1) is 13.8 Å². The zero-order valence-electron chi connectivity index (χ0n) is 18.7. The highest BCUT2D eigenvalue weighted by Gasteiger charge is 2.19. The van der Waals surface area contributed by atoms with Gasteiger partial charge in [0.2, 0.25) is 12.4 Å². The summed E-state index contributed by atoms with van der Waals surface area (Å²) in [7, 11) is 0. The van der Waals surface area contributed by atoms with E-state index in [-0.39, 0.29) is 6.41 Å². The van der Waals surface area contributed by atoms with Gasteiger partial charge in [-0.3, -0.25) is 4.79 Å². The van der Waals surface area contributed by atoms with Crippen LogP contribution in [0.3, 0.4) is 0 Å². The van der Waals surface area contributed by atoms with Crippen molar-refractivity contribution < 1.29 is 4.79 Å². The number of nitrogens with two attached hydrogens (primary N) is 1. The Hall–Kier alpha value is -3.40. The van der Waals surface area contributed by atoms with Crippen molar-refractivity contribution in [2.24, 2.45) is 5.73 Å². The predicted octanol–water partition coefficient (Wildman–Crippen LogP) is 1.43. The zero-order valence-corrected chi connectivity index (χ0v) is 18.7. The van der Waals surface area contributed by atoms with Crippen molar-refractivity contribution in [2.75, 3.05) is 54.5 Å². The molecule has 5 heterocycles. The van der Waals surface area contributed by atoms with Crippen molar-refractivity contribution in [3.63, 3.8) is 0 Å². The lowest BCUT2D eigenvalue weighted by Crippen LogP contribution is -2.43. The first kappa shape index (κ1) is 21.8. The van der Waals surface area contributed by atoms with Crippen molar-refractivity contribution in [1.82, 2.24) is 24.9 Å². The van der Waals surface area contributed by atoms with Crippen LogP contribution in [0.1, 0.15) is 24.1 Å². The first-order valence-corrected chi connectivity index (χ1v) is 11.1. The summed E-state index contributed by atoms with van der Waals surface area (Å²) in [6.45, 7) is 10.4. The fourth-order valence-corrected chi connectivity index (χ4v) is 4.37. The Morgan fingerprint density at radius 1 is 1.09 bits per heavy atom. The van der Waals surface area contributed by atoms with E-state index >= 15 is 0 Å². The fraction of sp³-hybridized carbons (Fsp3) is 0.455. The highest BCUT2D eigenvalue weighted by Crippen LogP contribution is 2.26. The number of carbonyl (C=O) groups excluding carboxylic acids is 1. The fourth-order valence-electron chi connectivity index (χ4n) is 4.37. The van der Waals surface area contributed by atoms with Crippen LogP contribution < -0.4 is 26.3 Å². The van der Waals surface area contributed by atoms with E-state index in [2.05, 4.69) is 62.0 Å². The van der Waals surface area contributed by atoms with Crippen molar-refractivity contribution >= 4 is 34.9 Å². The summed E-state index contributed by atoms with van der Waals surface area (Å²) in [6, 6.07) is 4.12. The van der Waals surface area contributed by atoms with Crippen molar-refractivity contribution in [1.29, 1.82) is 0 Å². The molecule has 10 heteroatoms. The molecule has 1 amide bonds. The maximum absolute atomic E-state index is 8.58. The van der Waals surface area contributed by atoms with Crippen LogP contribution in [0.2, 0.25) is 0 Å². The van der Waals surface area contributed by atoms with Crippen molar-refractivity contribution in [3.05, 3.63) is 35.8 Å². The first-order chi connectivity index (χ1) is 15.6. The maximum atomic E-state index is 8.58. The second kappa shape index (κ2) is 9.82. The van der Waals surface area contributed by atoms with E-state index in [0.29, 0.717) is 5.95 Å². The summed E-state index contributed by atoms with van der Waals surface area (Å²) in [4.78, 5) is 25.1. The summed E-state index contributed by atoms with van der Waals surface area (Å²) in [5, 5.41) is 10.2. The van der Waals surface area contributed by atoms with Gasteiger partial charge < -0.3 is 26.3 Å². The lowest BCUT2D eigenvalue weighted by Gasteiger charge is -2.29. The van der Waals surface area contributed by atoms with E-state index in [4.69, 9.17) is 14.8 Å². The summed E-state index contributed by atoms with van der Waals surface area (Å²) in [6.07, 6.45) is 6.83. The van der Waals surface area contributed by atoms with Crippen LogP contribution in [-0.2, 0) is 4.79 Å². The number of anilines is 3. The average molecular weight is 438 g/mol. The van der Waals surface area contributed by atoms with Crippen LogP contribution >= 0.6 is 0 Å². The van der Waals surface area contributed by atoms with Gasteiger partial charge in [0.15, 0.2) is 5.65 Å². The summed E-state index contributed by atoms with van der Waals surface area (Å²) in [5.41, 5.74) is 8.50. The molecule has 5 rings (SSSR count). The number of hydrogen-bond donors (Lipinski definition) is 3. The zero-order chi connectivity index (χ0) is 22.5. The first-order valence-electron chi connectivity index (χ1n) is 11.1. The lowest BCUT2D eigenvalue weighted by atomic mass is 10.2. The monoisotopic (exact) mass is 437 g/mol. The van der Waals surface area contributed by atoms with E-state index < -0.39 is 0 Å². The molecule has 0 aliphatic carbocycles. The topological polar surface area (TPSA) is 117 Å². The number of rotatable bonds is 4. The number of piperazine rings is 1. The van der Waals surface area contributed by atoms with Crippen molar-refractivity contribution in [2.45, 2.75) is 26.7 Å². The van der Waals surface area contributed by atoms with Gasteiger partial charge in [-0.15, -0.1) is 0 Å². The summed E-state index contributed by atoms with van der Waals surface area (Å²) >= 11 is 0.